The van der Waals surface area contributed by atoms with E-state index < -0.39 is 28.7 Å². The second kappa shape index (κ2) is 9.25. The van der Waals surface area contributed by atoms with Crippen molar-refractivity contribution in [3.05, 3.63) is 30.3 Å². The van der Waals surface area contributed by atoms with Crippen molar-refractivity contribution in [3.63, 3.8) is 0 Å². The molecule has 1 rings (SSSR count). The third-order valence-corrected chi connectivity index (χ3v) is 4.12. The van der Waals surface area contributed by atoms with Crippen LogP contribution in [0.2, 0.25) is 0 Å². The quantitative estimate of drug-likeness (QED) is 0.680. The molecule has 0 saturated carbocycles. The minimum absolute atomic E-state index is 0.123. The molecule has 0 aliphatic heterocycles. The van der Waals surface area contributed by atoms with Crippen molar-refractivity contribution in [1.29, 1.82) is 0 Å². The van der Waals surface area contributed by atoms with E-state index in [4.69, 9.17) is 10.5 Å². The average Bonchev–Trinajstić information content (AvgIpc) is 2.49. The van der Waals surface area contributed by atoms with Gasteiger partial charge in [-0.2, -0.15) is 0 Å². The molecule has 1 aromatic carbocycles. The van der Waals surface area contributed by atoms with Gasteiger partial charge in [0.25, 0.3) is 0 Å². The van der Waals surface area contributed by atoms with Gasteiger partial charge in [0.15, 0.2) is 0 Å². The minimum atomic E-state index is -1.23. The number of hydrogen-bond acceptors (Lipinski definition) is 4. The lowest BCUT2D eigenvalue weighted by atomic mass is 10.2. The number of primary amides is 1. The van der Waals surface area contributed by atoms with Crippen LogP contribution in [0.3, 0.4) is 0 Å². The van der Waals surface area contributed by atoms with Crippen molar-refractivity contribution in [1.82, 2.24) is 5.32 Å². The molecule has 0 unspecified atom stereocenters. The molecule has 0 spiro atoms. The van der Waals surface area contributed by atoms with Gasteiger partial charge in [-0.25, -0.2) is 0 Å². The van der Waals surface area contributed by atoms with Gasteiger partial charge in [-0.1, -0.05) is 18.2 Å². The van der Waals surface area contributed by atoms with Crippen molar-refractivity contribution in [2.75, 3.05) is 19.0 Å². The van der Waals surface area contributed by atoms with Crippen LogP contribution in [-0.4, -0.2) is 41.0 Å². The molecule has 0 radical (unpaired) electrons. The molecule has 2 atom stereocenters. The van der Waals surface area contributed by atoms with E-state index in [0.717, 1.165) is 0 Å². The molecule has 6 nitrogen and oxygen atoms in total. The molecular weight excluding hydrogens is 292 g/mol. The molecule has 7 heteroatoms. The van der Waals surface area contributed by atoms with Crippen LogP contribution in [0.5, 0.6) is 0 Å². The van der Waals surface area contributed by atoms with E-state index in [1.807, 2.05) is 6.07 Å². The highest BCUT2D eigenvalue weighted by molar-refractivity contribution is 7.85. The van der Waals surface area contributed by atoms with Crippen LogP contribution in [0.4, 0.5) is 0 Å². The normalized spacial score (nSPS) is 13.4. The molecule has 21 heavy (non-hydrogen) atoms. The molecule has 0 aromatic heterocycles. The monoisotopic (exact) mass is 312 g/mol. The summed E-state index contributed by atoms with van der Waals surface area (Å²) in [4.78, 5) is 23.5. The van der Waals surface area contributed by atoms with Gasteiger partial charge in [0.2, 0.25) is 11.8 Å². The van der Waals surface area contributed by atoms with Gasteiger partial charge in [0.1, 0.15) is 12.6 Å². The fraction of sp³-hybridized carbons (Fsp3) is 0.429. The zero-order valence-corrected chi connectivity index (χ0v) is 12.7. The molecular formula is C14H20N2O4S. The van der Waals surface area contributed by atoms with Crippen molar-refractivity contribution in [3.8, 4) is 0 Å². The summed E-state index contributed by atoms with van der Waals surface area (Å²) in [6.07, 6.45) is 0.217. The van der Waals surface area contributed by atoms with Crippen LogP contribution in [0, 0.1) is 0 Å². The van der Waals surface area contributed by atoms with Crippen molar-refractivity contribution < 1.29 is 18.5 Å². The lowest BCUT2D eigenvalue weighted by Gasteiger charge is -2.15. The predicted molar refractivity (Wildman–Crippen MR) is 80.0 cm³/mol. The summed E-state index contributed by atoms with van der Waals surface area (Å²) in [5, 5.41) is 2.49. The lowest BCUT2D eigenvalue weighted by Crippen LogP contribution is -2.46. The molecule has 116 valence electrons. The van der Waals surface area contributed by atoms with Crippen molar-refractivity contribution in [2.24, 2.45) is 5.73 Å². The van der Waals surface area contributed by atoms with Crippen LogP contribution >= 0.6 is 0 Å². The van der Waals surface area contributed by atoms with Crippen LogP contribution < -0.4 is 11.1 Å². The number of carbonyl (C=O) groups is 2. The van der Waals surface area contributed by atoms with Gasteiger partial charge in [-0.05, 0) is 25.5 Å². The van der Waals surface area contributed by atoms with E-state index in [1.165, 1.54) is 0 Å². The molecule has 0 aliphatic rings. The summed E-state index contributed by atoms with van der Waals surface area (Å²) in [7, 11) is -1.23. The predicted octanol–water partition coefficient (Wildman–Crippen LogP) is 0.191. The molecule has 2 amide bonds. The Morgan fingerprint density at radius 3 is 2.57 bits per heavy atom. The highest BCUT2D eigenvalue weighted by Gasteiger charge is 2.19. The Morgan fingerprint density at radius 2 is 2.00 bits per heavy atom. The Morgan fingerprint density at radius 1 is 1.33 bits per heavy atom. The first-order valence-electron chi connectivity index (χ1n) is 6.64. The number of ether oxygens (including phenoxy) is 1. The van der Waals surface area contributed by atoms with Crippen LogP contribution in [0.25, 0.3) is 0 Å². The first-order valence-corrected chi connectivity index (χ1v) is 7.96. The second-order valence-electron chi connectivity index (χ2n) is 4.31. The Balaban J connectivity index is 2.50. The topological polar surface area (TPSA) is 98.5 Å². The minimum Gasteiger partial charge on any atom is -0.372 e. The highest BCUT2D eigenvalue weighted by atomic mass is 32.2. The smallest absolute Gasteiger partial charge is 0.246 e. The molecule has 0 bridgehead atoms. The summed E-state index contributed by atoms with van der Waals surface area (Å²) >= 11 is 0. The molecule has 3 N–H and O–H groups in total. The van der Waals surface area contributed by atoms with Gasteiger partial charge >= 0.3 is 0 Å². The summed E-state index contributed by atoms with van der Waals surface area (Å²) in [5.41, 5.74) is 5.25. The third kappa shape index (κ3) is 6.50. The van der Waals surface area contributed by atoms with Crippen molar-refractivity contribution >= 4 is 22.6 Å². The highest BCUT2D eigenvalue weighted by Crippen LogP contribution is 2.07. The Kier molecular flexibility index (Phi) is 7.63. The number of benzene rings is 1. The molecule has 1 aromatic rings. The first kappa shape index (κ1) is 17.3. The standard InChI is InChI=1S/C14H20N2O4S/c1-2-20-10-13(17)16-12(14(15)18)8-9-21(19)11-6-4-3-5-7-11/h3-7,12H,2,8-10H2,1H3,(H2,15,18)(H,16,17)/t12-,21-/m1/s1. The average molecular weight is 312 g/mol. The lowest BCUT2D eigenvalue weighted by molar-refractivity contribution is -0.130. The zero-order valence-electron chi connectivity index (χ0n) is 11.9. The first-order chi connectivity index (χ1) is 10.0. The summed E-state index contributed by atoms with van der Waals surface area (Å²) < 4.78 is 17.0. The maximum absolute atomic E-state index is 12.1. The number of nitrogens with one attached hydrogen (secondary N) is 1. The van der Waals surface area contributed by atoms with Crippen LogP contribution in [0.15, 0.2) is 35.2 Å². The number of carbonyl (C=O) groups excluding carboxylic acids is 2. The summed E-state index contributed by atoms with van der Waals surface area (Å²) in [6, 6.07) is 8.09. The fourth-order valence-corrected chi connectivity index (χ4v) is 2.78. The van der Waals surface area contributed by atoms with Gasteiger partial charge < -0.3 is 15.8 Å². The van der Waals surface area contributed by atoms with E-state index in [9.17, 15) is 13.8 Å². The fourth-order valence-electron chi connectivity index (χ4n) is 1.63. The number of hydrogen-bond donors (Lipinski definition) is 2. The van der Waals surface area contributed by atoms with E-state index in [-0.39, 0.29) is 18.8 Å². The maximum atomic E-state index is 12.1. The Bertz CT molecular complexity index is 493. The van der Waals surface area contributed by atoms with Gasteiger partial charge in [0.05, 0.1) is 10.8 Å². The molecule has 0 aliphatic carbocycles. The van der Waals surface area contributed by atoms with E-state index in [1.54, 1.807) is 31.2 Å². The Hall–Kier alpha value is -1.73. The molecule has 0 saturated heterocycles. The number of rotatable bonds is 9. The number of amides is 2. The summed E-state index contributed by atoms with van der Waals surface area (Å²) in [6.45, 7) is 2.05. The molecule has 0 fully saturated rings. The number of nitrogens with two attached hydrogens (primary N) is 1. The van der Waals surface area contributed by atoms with Crippen LogP contribution in [0.1, 0.15) is 13.3 Å². The maximum Gasteiger partial charge on any atom is 0.246 e. The third-order valence-electron chi connectivity index (χ3n) is 2.71. The van der Waals surface area contributed by atoms with Gasteiger partial charge in [0, 0.05) is 17.3 Å². The SMILES string of the molecule is CCOCC(=O)N[C@H](CC[S@@](=O)c1ccccc1)C(N)=O. The molecule has 0 heterocycles. The van der Waals surface area contributed by atoms with E-state index in [2.05, 4.69) is 5.32 Å². The van der Waals surface area contributed by atoms with Crippen LogP contribution in [-0.2, 0) is 25.1 Å². The van der Waals surface area contributed by atoms with E-state index >= 15 is 0 Å². The Labute approximate surface area is 126 Å². The summed E-state index contributed by atoms with van der Waals surface area (Å²) in [5.74, 6) is -0.817. The van der Waals surface area contributed by atoms with E-state index in [0.29, 0.717) is 11.5 Å². The zero-order chi connectivity index (χ0) is 15.7. The van der Waals surface area contributed by atoms with Gasteiger partial charge in [-0.3, -0.25) is 13.8 Å². The van der Waals surface area contributed by atoms with Gasteiger partial charge in [-0.15, -0.1) is 0 Å². The second-order valence-corrected chi connectivity index (χ2v) is 5.88. The van der Waals surface area contributed by atoms with Crippen molar-refractivity contribution in [2.45, 2.75) is 24.3 Å². The largest absolute Gasteiger partial charge is 0.372 e.